The fourth-order valence-electron chi connectivity index (χ4n) is 4.49. The Hall–Kier alpha value is -3.04. The van der Waals surface area contributed by atoms with Gasteiger partial charge in [-0.3, -0.25) is 9.78 Å². The second-order valence-electron chi connectivity index (χ2n) is 8.24. The van der Waals surface area contributed by atoms with Crippen LogP contribution in [0.15, 0.2) is 42.9 Å². The van der Waals surface area contributed by atoms with Gasteiger partial charge in [0.15, 0.2) is 0 Å². The number of carbonyl (C=O) groups excluding carboxylic acids is 1. The van der Waals surface area contributed by atoms with E-state index in [0.29, 0.717) is 25.9 Å². The quantitative estimate of drug-likeness (QED) is 0.608. The predicted molar refractivity (Wildman–Crippen MR) is 122 cm³/mol. The number of benzene rings is 1. The number of rotatable bonds is 4. The van der Waals surface area contributed by atoms with E-state index in [4.69, 9.17) is 0 Å². The van der Waals surface area contributed by atoms with Crippen molar-refractivity contribution in [2.24, 2.45) is 0 Å². The smallest absolute Gasteiger partial charge is 0.227 e. The van der Waals surface area contributed by atoms with Gasteiger partial charge in [0.05, 0.1) is 29.5 Å². The first-order valence-electron chi connectivity index (χ1n) is 10.8. The summed E-state index contributed by atoms with van der Waals surface area (Å²) >= 11 is 0. The molecule has 0 saturated carbocycles. The molecule has 9 heteroatoms. The lowest BCUT2D eigenvalue weighted by Crippen LogP contribution is -2.37. The lowest BCUT2D eigenvalue weighted by molar-refractivity contribution is -0.118. The van der Waals surface area contributed by atoms with E-state index in [1.807, 2.05) is 30.1 Å². The summed E-state index contributed by atoms with van der Waals surface area (Å²) in [6, 6.07) is 8.19. The summed E-state index contributed by atoms with van der Waals surface area (Å²) in [6.45, 7) is 2.48. The van der Waals surface area contributed by atoms with Crippen LogP contribution in [0.1, 0.15) is 30.2 Å². The largest absolute Gasteiger partial charge is 0.315 e. The average Bonchev–Trinajstić information content (AvgIpc) is 3.25. The molecule has 0 atom stereocenters. The molecule has 4 heterocycles. The summed E-state index contributed by atoms with van der Waals surface area (Å²) in [6.07, 6.45) is 7.23. The third-order valence-corrected chi connectivity index (χ3v) is 8.21. The SMILES string of the molecule is CCS(=O)(=O)N1CCc2c(cnn2-c2cncc(-c3ccc4c(c3)CCC(=O)N4C)c2)C1. The van der Waals surface area contributed by atoms with Crippen LogP contribution >= 0.6 is 0 Å². The maximum absolute atomic E-state index is 12.2. The number of sulfonamides is 1. The van der Waals surface area contributed by atoms with E-state index in [1.165, 1.54) is 4.31 Å². The predicted octanol–water partition coefficient (Wildman–Crippen LogP) is 2.55. The normalized spacial score (nSPS) is 16.7. The zero-order chi connectivity index (χ0) is 22.5. The number of pyridine rings is 1. The summed E-state index contributed by atoms with van der Waals surface area (Å²) in [7, 11) is -1.40. The van der Waals surface area contributed by atoms with Crippen LogP contribution in [-0.2, 0) is 34.2 Å². The van der Waals surface area contributed by atoms with E-state index in [2.05, 4.69) is 22.2 Å². The van der Waals surface area contributed by atoms with Gasteiger partial charge >= 0.3 is 0 Å². The summed E-state index contributed by atoms with van der Waals surface area (Å²) in [5, 5.41) is 4.54. The van der Waals surface area contributed by atoms with Crippen molar-refractivity contribution in [1.82, 2.24) is 19.1 Å². The first kappa shape index (κ1) is 20.8. The summed E-state index contributed by atoms with van der Waals surface area (Å²) < 4.78 is 27.9. The highest BCUT2D eigenvalue weighted by molar-refractivity contribution is 7.89. The Morgan fingerprint density at radius 2 is 1.84 bits per heavy atom. The maximum Gasteiger partial charge on any atom is 0.227 e. The number of aryl methyl sites for hydroxylation is 1. The Labute approximate surface area is 187 Å². The summed E-state index contributed by atoms with van der Waals surface area (Å²) in [5.74, 6) is 0.246. The van der Waals surface area contributed by atoms with Crippen LogP contribution in [0.5, 0.6) is 0 Å². The average molecular weight is 452 g/mol. The molecular formula is C23H25N5O3S. The Morgan fingerprint density at radius 3 is 2.66 bits per heavy atom. The van der Waals surface area contributed by atoms with Crippen LogP contribution in [0.2, 0.25) is 0 Å². The van der Waals surface area contributed by atoms with Crippen molar-refractivity contribution in [2.45, 2.75) is 32.7 Å². The molecule has 2 aliphatic heterocycles. The van der Waals surface area contributed by atoms with Crippen molar-refractivity contribution in [2.75, 3.05) is 24.2 Å². The van der Waals surface area contributed by atoms with Gasteiger partial charge in [0.1, 0.15) is 0 Å². The van der Waals surface area contributed by atoms with Gasteiger partial charge in [-0.25, -0.2) is 13.1 Å². The van der Waals surface area contributed by atoms with E-state index < -0.39 is 10.0 Å². The van der Waals surface area contributed by atoms with E-state index in [9.17, 15) is 13.2 Å². The Balaban J connectivity index is 1.46. The van der Waals surface area contributed by atoms with Crippen molar-refractivity contribution in [3.8, 4) is 16.8 Å². The molecule has 0 spiro atoms. The molecule has 0 unspecified atom stereocenters. The lowest BCUT2D eigenvalue weighted by Gasteiger charge is -2.26. The minimum Gasteiger partial charge on any atom is -0.315 e. The number of carbonyl (C=O) groups is 1. The summed E-state index contributed by atoms with van der Waals surface area (Å²) in [4.78, 5) is 18.1. The minimum atomic E-state index is -3.22. The highest BCUT2D eigenvalue weighted by atomic mass is 32.2. The van der Waals surface area contributed by atoms with Crippen LogP contribution < -0.4 is 4.90 Å². The van der Waals surface area contributed by atoms with E-state index >= 15 is 0 Å². The van der Waals surface area contributed by atoms with Gasteiger partial charge in [-0.2, -0.15) is 9.40 Å². The zero-order valence-electron chi connectivity index (χ0n) is 18.2. The van der Waals surface area contributed by atoms with Gasteiger partial charge < -0.3 is 4.90 Å². The molecule has 0 fully saturated rings. The second-order valence-corrected chi connectivity index (χ2v) is 10.5. The molecule has 2 aromatic heterocycles. The standard InChI is InChI=1S/C23H25N5O3S/c1-3-32(30,31)27-9-8-22-19(15-27)13-25-28(22)20-11-18(12-24-14-20)16-4-6-21-17(10-16)5-7-23(29)26(21)2/h4,6,10-14H,3,5,7-9,15H2,1-2H3. The lowest BCUT2D eigenvalue weighted by atomic mass is 9.96. The van der Waals surface area contributed by atoms with Crippen LogP contribution in [0.25, 0.3) is 16.8 Å². The molecule has 0 bridgehead atoms. The van der Waals surface area contributed by atoms with Crippen LogP contribution in [0.3, 0.4) is 0 Å². The molecule has 5 rings (SSSR count). The van der Waals surface area contributed by atoms with Crippen LogP contribution in [-0.4, -0.2) is 52.7 Å². The molecule has 166 valence electrons. The number of anilines is 1. The molecular weight excluding hydrogens is 426 g/mol. The third-order valence-electron chi connectivity index (χ3n) is 6.38. The Morgan fingerprint density at radius 1 is 1.00 bits per heavy atom. The molecule has 2 aliphatic rings. The van der Waals surface area contributed by atoms with Crippen molar-refractivity contribution >= 4 is 21.6 Å². The highest BCUT2D eigenvalue weighted by Gasteiger charge is 2.28. The number of hydrogen-bond acceptors (Lipinski definition) is 5. The fourth-order valence-corrected chi connectivity index (χ4v) is 5.56. The van der Waals surface area contributed by atoms with Crippen molar-refractivity contribution in [3.05, 3.63) is 59.7 Å². The van der Waals surface area contributed by atoms with E-state index in [0.717, 1.165) is 45.7 Å². The first-order valence-corrected chi connectivity index (χ1v) is 12.4. The van der Waals surface area contributed by atoms with Crippen LogP contribution in [0.4, 0.5) is 5.69 Å². The molecule has 0 saturated heterocycles. The Kier molecular flexibility index (Phi) is 5.10. The van der Waals surface area contributed by atoms with Crippen molar-refractivity contribution in [3.63, 3.8) is 0 Å². The molecule has 3 aromatic rings. The van der Waals surface area contributed by atoms with Gasteiger partial charge in [-0.15, -0.1) is 0 Å². The monoisotopic (exact) mass is 451 g/mol. The molecule has 32 heavy (non-hydrogen) atoms. The van der Waals surface area contributed by atoms with Crippen LogP contribution in [0, 0.1) is 0 Å². The van der Waals surface area contributed by atoms with Gasteiger partial charge in [0.25, 0.3) is 0 Å². The highest BCUT2D eigenvalue weighted by Crippen LogP contribution is 2.32. The topological polar surface area (TPSA) is 88.4 Å². The molecule has 1 amide bonds. The van der Waals surface area contributed by atoms with E-state index in [1.54, 1.807) is 24.2 Å². The van der Waals surface area contributed by atoms with E-state index in [-0.39, 0.29) is 11.7 Å². The maximum atomic E-state index is 12.2. The minimum absolute atomic E-state index is 0.104. The van der Waals surface area contributed by atoms with Gasteiger partial charge in [0, 0.05) is 56.0 Å². The molecule has 0 N–H and O–H groups in total. The van der Waals surface area contributed by atoms with Gasteiger partial charge in [0.2, 0.25) is 15.9 Å². The molecule has 0 radical (unpaired) electrons. The second kappa shape index (κ2) is 7.83. The molecule has 8 nitrogen and oxygen atoms in total. The van der Waals surface area contributed by atoms with Crippen molar-refractivity contribution < 1.29 is 13.2 Å². The molecule has 0 aliphatic carbocycles. The number of hydrogen-bond donors (Lipinski definition) is 0. The van der Waals surface area contributed by atoms with Crippen molar-refractivity contribution in [1.29, 1.82) is 0 Å². The number of amides is 1. The number of aromatic nitrogens is 3. The zero-order valence-corrected chi connectivity index (χ0v) is 19.0. The number of fused-ring (bicyclic) bond motifs is 2. The van der Waals surface area contributed by atoms with Gasteiger partial charge in [-0.05, 0) is 42.7 Å². The number of nitrogens with zero attached hydrogens (tertiary/aromatic N) is 5. The molecule has 1 aromatic carbocycles. The Bertz CT molecular complexity index is 1310. The first-order chi connectivity index (χ1) is 15.4. The fraction of sp³-hybridized carbons (Fsp3) is 0.348. The third kappa shape index (κ3) is 3.51. The summed E-state index contributed by atoms with van der Waals surface area (Å²) in [5.41, 5.74) is 6.94. The van der Waals surface area contributed by atoms with Gasteiger partial charge in [-0.1, -0.05) is 6.07 Å².